The Labute approximate surface area is 108 Å². The molecule has 0 saturated carbocycles. The van der Waals surface area contributed by atoms with E-state index in [-0.39, 0.29) is 12.2 Å². The highest BCUT2D eigenvalue weighted by Crippen LogP contribution is 2.26. The minimum atomic E-state index is 0.0554. The van der Waals surface area contributed by atoms with Crippen LogP contribution in [0.3, 0.4) is 0 Å². The Morgan fingerprint density at radius 3 is 2.67 bits per heavy atom. The molecule has 0 amide bonds. The zero-order valence-electron chi connectivity index (χ0n) is 11.3. The molecule has 100 valence electrons. The van der Waals surface area contributed by atoms with Crippen LogP contribution in [0.5, 0.6) is 0 Å². The van der Waals surface area contributed by atoms with Crippen molar-refractivity contribution in [1.82, 2.24) is 15.0 Å². The molecular weight excluding hydrogens is 230 g/mol. The predicted octanol–water partition coefficient (Wildman–Crippen LogP) is 1.79. The summed E-state index contributed by atoms with van der Waals surface area (Å²) in [4.78, 5) is 17.8. The minimum absolute atomic E-state index is 0.0554. The number of Topliss-reactive ketones (excluding diaryl/α,β-unsaturated/α-hetero) is 1. The van der Waals surface area contributed by atoms with Crippen LogP contribution in [-0.4, -0.2) is 40.0 Å². The van der Waals surface area contributed by atoms with Crippen LogP contribution in [0.15, 0.2) is 4.52 Å². The number of hydrogen-bond acceptors (Lipinski definition) is 5. The van der Waals surface area contributed by atoms with Crippen LogP contribution in [0.4, 0.5) is 0 Å². The van der Waals surface area contributed by atoms with Gasteiger partial charge in [-0.3, -0.25) is 4.79 Å². The third-order valence-electron chi connectivity index (χ3n) is 3.51. The summed E-state index contributed by atoms with van der Waals surface area (Å²) in [5.74, 6) is 1.66. The fourth-order valence-electron chi connectivity index (χ4n) is 2.39. The first-order valence-corrected chi connectivity index (χ1v) is 6.62. The summed E-state index contributed by atoms with van der Waals surface area (Å²) in [5, 5.41) is 4.01. The van der Waals surface area contributed by atoms with Crippen LogP contribution < -0.4 is 0 Å². The highest BCUT2D eigenvalue weighted by Gasteiger charge is 2.25. The number of aromatic nitrogens is 2. The number of likely N-dealkylation sites (tertiary alicyclic amines) is 1. The van der Waals surface area contributed by atoms with Crippen molar-refractivity contribution in [2.24, 2.45) is 0 Å². The molecule has 0 atom stereocenters. The second-order valence-electron chi connectivity index (χ2n) is 5.33. The summed E-state index contributed by atoms with van der Waals surface area (Å²) in [6.07, 6.45) is 2.38. The predicted molar refractivity (Wildman–Crippen MR) is 67.4 cm³/mol. The van der Waals surface area contributed by atoms with Crippen molar-refractivity contribution >= 4 is 5.78 Å². The van der Waals surface area contributed by atoms with Crippen LogP contribution in [0.25, 0.3) is 0 Å². The average Bonchev–Trinajstić information content (AvgIpc) is 2.76. The van der Waals surface area contributed by atoms with Crippen LogP contribution >= 0.6 is 0 Å². The smallest absolute Gasteiger partial charge is 0.234 e. The molecule has 1 fully saturated rings. The number of nitrogens with zero attached hydrogens (tertiary/aromatic N) is 3. The third kappa shape index (κ3) is 3.16. The molecule has 5 nitrogen and oxygen atoms in total. The molecule has 1 aromatic rings. The SMILES string of the molecule is CC(=O)Cc1nc(C2CCN(C(C)C)CC2)no1. The number of rotatable bonds is 4. The molecular formula is C13H21N3O2. The first-order chi connectivity index (χ1) is 8.56. The van der Waals surface area contributed by atoms with E-state index in [9.17, 15) is 4.79 Å². The van der Waals surface area contributed by atoms with Crippen molar-refractivity contribution in [3.63, 3.8) is 0 Å². The molecule has 0 radical (unpaired) electrons. The highest BCUT2D eigenvalue weighted by atomic mass is 16.5. The van der Waals surface area contributed by atoms with Gasteiger partial charge in [0.2, 0.25) is 5.89 Å². The Balaban J connectivity index is 1.93. The van der Waals surface area contributed by atoms with E-state index < -0.39 is 0 Å². The lowest BCUT2D eigenvalue weighted by molar-refractivity contribution is -0.116. The lowest BCUT2D eigenvalue weighted by atomic mass is 9.95. The second-order valence-corrected chi connectivity index (χ2v) is 5.33. The number of carbonyl (C=O) groups is 1. The first-order valence-electron chi connectivity index (χ1n) is 6.62. The number of piperidine rings is 1. The van der Waals surface area contributed by atoms with Crippen molar-refractivity contribution in [3.05, 3.63) is 11.7 Å². The fourth-order valence-corrected chi connectivity index (χ4v) is 2.39. The summed E-state index contributed by atoms with van der Waals surface area (Å²) in [6.45, 7) is 8.14. The zero-order valence-corrected chi connectivity index (χ0v) is 11.3. The number of hydrogen-bond donors (Lipinski definition) is 0. The van der Waals surface area contributed by atoms with Gasteiger partial charge in [0.05, 0.1) is 6.42 Å². The highest BCUT2D eigenvalue weighted by molar-refractivity contribution is 5.77. The van der Waals surface area contributed by atoms with Gasteiger partial charge >= 0.3 is 0 Å². The Hall–Kier alpha value is -1.23. The normalized spacial score (nSPS) is 18.4. The summed E-state index contributed by atoms with van der Waals surface area (Å²) >= 11 is 0. The van der Waals surface area contributed by atoms with Crippen molar-refractivity contribution in [2.45, 2.75) is 52.0 Å². The van der Waals surface area contributed by atoms with Gasteiger partial charge in [-0.25, -0.2) is 0 Å². The molecule has 0 N–H and O–H groups in total. The summed E-state index contributed by atoms with van der Waals surface area (Å²) in [6, 6.07) is 0.601. The second kappa shape index (κ2) is 5.61. The van der Waals surface area contributed by atoms with E-state index in [1.807, 2.05) is 0 Å². The topological polar surface area (TPSA) is 59.2 Å². The van der Waals surface area contributed by atoms with Crippen LogP contribution in [0.1, 0.15) is 51.2 Å². The van der Waals surface area contributed by atoms with E-state index in [0.29, 0.717) is 17.9 Å². The molecule has 5 heteroatoms. The largest absolute Gasteiger partial charge is 0.339 e. The van der Waals surface area contributed by atoms with Gasteiger partial charge in [-0.15, -0.1) is 0 Å². The Kier molecular flexibility index (Phi) is 4.11. The maximum Gasteiger partial charge on any atom is 0.234 e. The van der Waals surface area contributed by atoms with Crippen LogP contribution in [-0.2, 0) is 11.2 Å². The Morgan fingerprint density at radius 2 is 2.11 bits per heavy atom. The van der Waals surface area contributed by atoms with Crippen LogP contribution in [0.2, 0.25) is 0 Å². The molecule has 1 saturated heterocycles. The quantitative estimate of drug-likeness (QED) is 0.816. The minimum Gasteiger partial charge on any atom is -0.339 e. The number of ketones is 1. The lowest BCUT2D eigenvalue weighted by Crippen LogP contribution is -2.38. The number of carbonyl (C=O) groups excluding carboxylic acids is 1. The fraction of sp³-hybridized carbons (Fsp3) is 0.769. The van der Waals surface area contributed by atoms with Gasteiger partial charge in [0.1, 0.15) is 5.78 Å². The van der Waals surface area contributed by atoms with E-state index in [1.54, 1.807) is 0 Å². The molecule has 18 heavy (non-hydrogen) atoms. The Morgan fingerprint density at radius 1 is 1.44 bits per heavy atom. The molecule has 0 spiro atoms. The molecule has 2 rings (SSSR count). The molecule has 2 heterocycles. The van der Waals surface area contributed by atoms with E-state index in [0.717, 1.165) is 31.8 Å². The maximum atomic E-state index is 11.0. The summed E-state index contributed by atoms with van der Waals surface area (Å²) in [7, 11) is 0. The van der Waals surface area contributed by atoms with Gasteiger partial charge in [-0.05, 0) is 46.7 Å². The summed E-state index contributed by atoms with van der Waals surface area (Å²) < 4.78 is 5.11. The van der Waals surface area contributed by atoms with Crippen molar-refractivity contribution in [3.8, 4) is 0 Å². The maximum absolute atomic E-state index is 11.0. The molecule has 1 aromatic heterocycles. The first kappa shape index (κ1) is 13.2. The Bertz CT molecular complexity index is 406. The van der Waals surface area contributed by atoms with E-state index in [1.165, 1.54) is 6.92 Å². The van der Waals surface area contributed by atoms with Crippen LogP contribution in [0, 0.1) is 0 Å². The van der Waals surface area contributed by atoms with E-state index >= 15 is 0 Å². The van der Waals surface area contributed by atoms with Gasteiger partial charge in [-0.1, -0.05) is 5.16 Å². The lowest BCUT2D eigenvalue weighted by Gasteiger charge is -2.33. The van der Waals surface area contributed by atoms with Gasteiger partial charge in [-0.2, -0.15) is 4.98 Å². The third-order valence-corrected chi connectivity index (χ3v) is 3.51. The molecule has 0 unspecified atom stereocenters. The molecule has 1 aliphatic rings. The average molecular weight is 251 g/mol. The molecule has 0 aromatic carbocycles. The molecule has 0 aliphatic carbocycles. The van der Waals surface area contributed by atoms with Crippen molar-refractivity contribution in [1.29, 1.82) is 0 Å². The zero-order chi connectivity index (χ0) is 13.1. The van der Waals surface area contributed by atoms with E-state index in [2.05, 4.69) is 28.9 Å². The monoisotopic (exact) mass is 251 g/mol. The van der Waals surface area contributed by atoms with Gasteiger partial charge in [0, 0.05) is 12.0 Å². The molecule has 1 aliphatic heterocycles. The standard InChI is InChI=1S/C13H21N3O2/c1-9(2)16-6-4-11(5-7-16)13-14-12(18-15-13)8-10(3)17/h9,11H,4-8H2,1-3H3. The van der Waals surface area contributed by atoms with Gasteiger partial charge < -0.3 is 9.42 Å². The van der Waals surface area contributed by atoms with Gasteiger partial charge in [0.15, 0.2) is 5.82 Å². The molecule has 0 bridgehead atoms. The van der Waals surface area contributed by atoms with Gasteiger partial charge in [0.25, 0.3) is 0 Å². The van der Waals surface area contributed by atoms with Crippen molar-refractivity contribution < 1.29 is 9.32 Å². The van der Waals surface area contributed by atoms with Crippen molar-refractivity contribution in [2.75, 3.05) is 13.1 Å². The summed E-state index contributed by atoms with van der Waals surface area (Å²) in [5.41, 5.74) is 0. The van der Waals surface area contributed by atoms with E-state index in [4.69, 9.17) is 4.52 Å².